The molecule has 0 aliphatic rings. The van der Waals surface area contributed by atoms with Gasteiger partial charge in [0.1, 0.15) is 4.83 Å². The zero-order chi connectivity index (χ0) is 12.4. The highest BCUT2D eigenvalue weighted by Gasteiger charge is 2.11. The van der Waals surface area contributed by atoms with E-state index in [9.17, 15) is 4.79 Å². The van der Waals surface area contributed by atoms with Gasteiger partial charge in [0.2, 0.25) is 0 Å². The summed E-state index contributed by atoms with van der Waals surface area (Å²) in [7, 11) is 0. The molecule has 2 aromatic rings. The summed E-state index contributed by atoms with van der Waals surface area (Å²) in [5.41, 5.74) is 2.15. The van der Waals surface area contributed by atoms with Crippen molar-refractivity contribution in [3.8, 4) is 0 Å². The fourth-order valence-corrected chi connectivity index (χ4v) is 2.88. The molecule has 0 saturated heterocycles. The Morgan fingerprint density at radius 3 is 2.94 bits per heavy atom. The monoisotopic (exact) mass is 266 g/mol. The van der Waals surface area contributed by atoms with Crippen LogP contribution in [0.5, 0.6) is 0 Å². The second-order valence-electron chi connectivity index (χ2n) is 3.89. The molecule has 0 aromatic carbocycles. The van der Waals surface area contributed by atoms with Crippen LogP contribution in [-0.4, -0.2) is 23.2 Å². The minimum Gasteiger partial charge on any atom is -0.351 e. The fourth-order valence-electron chi connectivity index (χ4n) is 1.70. The van der Waals surface area contributed by atoms with Crippen molar-refractivity contribution in [3.63, 3.8) is 0 Å². The zero-order valence-corrected chi connectivity index (χ0v) is 11.5. The van der Waals surface area contributed by atoms with Crippen molar-refractivity contribution < 1.29 is 4.79 Å². The van der Waals surface area contributed by atoms with Crippen molar-refractivity contribution in [2.75, 3.05) is 12.3 Å². The molecule has 0 radical (unpaired) electrons. The van der Waals surface area contributed by atoms with Gasteiger partial charge in [-0.1, -0.05) is 0 Å². The number of carbonyl (C=O) groups excluding carboxylic acids is 1. The van der Waals surface area contributed by atoms with Crippen LogP contribution in [0.2, 0.25) is 0 Å². The topological polar surface area (TPSA) is 42.0 Å². The van der Waals surface area contributed by atoms with Crippen LogP contribution in [0.25, 0.3) is 10.2 Å². The fraction of sp³-hybridized carbons (Fsp3) is 0.333. The van der Waals surface area contributed by atoms with Crippen LogP contribution in [0, 0.1) is 13.8 Å². The maximum atomic E-state index is 11.8. The lowest BCUT2D eigenvalue weighted by atomic mass is 10.2. The minimum absolute atomic E-state index is 0.0425. The van der Waals surface area contributed by atoms with Crippen LogP contribution in [0.15, 0.2) is 12.1 Å². The van der Waals surface area contributed by atoms with Gasteiger partial charge in [-0.05, 0) is 31.5 Å². The number of nitrogens with one attached hydrogen (secondary N) is 1. The molecular formula is C12H14N2OS2. The SMILES string of the molecule is Cc1cc(C)c2cc(C(=O)NCCS)sc2n1. The Kier molecular flexibility index (Phi) is 3.69. The molecule has 3 nitrogen and oxygen atoms in total. The third-order valence-corrected chi connectivity index (χ3v) is 3.71. The lowest BCUT2D eigenvalue weighted by molar-refractivity contribution is 0.0960. The van der Waals surface area contributed by atoms with E-state index >= 15 is 0 Å². The quantitative estimate of drug-likeness (QED) is 0.838. The molecule has 0 aliphatic carbocycles. The number of pyridine rings is 1. The van der Waals surface area contributed by atoms with E-state index in [1.807, 2.05) is 26.0 Å². The van der Waals surface area contributed by atoms with Gasteiger partial charge in [-0.2, -0.15) is 12.6 Å². The number of nitrogens with zero attached hydrogens (tertiary/aromatic N) is 1. The summed E-state index contributed by atoms with van der Waals surface area (Å²) in [6.45, 7) is 4.59. The molecule has 2 aromatic heterocycles. The van der Waals surface area contributed by atoms with E-state index in [0.717, 1.165) is 21.5 Å². The van der Waals surface area contributed by atoms with Gasteiger partial charge >= 0.3 is 0 Å². The molecule has 1 amide bonds. The molecule has 0 bridgehead atoms. The van der Waals surface area contributed by atoms with E-state index in [4.69, 9.17) is 0 Å². The maximum Gasteiger partial charge on any atom is 0.261 e. The number of amides is 1. The lowest BCUT2D eigenvalue weighted by Gasteiger charge is -1.98. The molecule has 5 heteroatoms. The maximum absolute atomic E-state index is 11.8. The van der Waals surface area contributed by atoms with E-state index in [0.29, 0.717) is 17.2 Å². The van der Waals surface area contributed by atoms with Gasteiger partial charge in [-0.25, -0.2) is 4.98 Å². The number of fused-ring (bicyclic) bond motifs is 1. The lowest BCUT2D eigenvalue weighted by Crippen LogP contribution is -2.24. The van der Waals surface area contributed by atoms with Crippen molar-refractivity contribution >= 4 is 40.1 Å². The number of rotatable bonds is 3. The Hall–Kier alpha value is -1.07. The van der Waals surface area contributed by atoms with Crippen LogP contribution in [0.4, 0.5) is 0 Å². The molecule has 0 atom stereocenters. The van der Waals surface area contributed by atoms with Crippen LogP contribution in [0.1, 0.15) is 20.9 Å². The number of aryl methyl sites for hydroxylation is 2. The summed E-state index contributed by atoms with van der Waals surface area (Å²) < 4.78 is 0. The average molecular weight is 266 g/mol. The number of aromatic nitrogens is 1. The zero-order valence-electron chi connectivity index (χ0n) is 9.78. The highest BCUT2D eigenvalue weighted by Crippen LogP contribution is 2.27. The van der Waals surface area contributed by atoms with Crippen LogP contribution in [0.3, 0.4) is 0 Å². The molecule has 90 valence electrons. The molecule has 1 N–H and O–H groups in total. The van der Waals surface area contributed by atoms with Gasteiger partial charge in [0.05, 0.1) is 4.88 Å². The summed E-state index contributed by atoms with van der Waals surface area (Å²) in [6, 6.07) is 3.94. The van der Waals surface area contributed by atoms with E-state index in [-0.39, 0.29) is 5.91 Å². The highest BCUT2D eigenvalue weighted by molar-refractivity contribution is 7.80. The Morgan fingerprint density at radius 1 is 1.47 bits per heavy atom. The van der Waals surface area contributed by atoms with Gasteiger partial charge in [0.15, 0.2) is 0 Å². The second-order valence-corrected chi connectivity index (χ2v) is 5.37. The first kappa shape index (κ1) is 12.4. The molecule has 2 heterocycles. The van der Waals surface area contributed by atoms with Crippen molar-refractivity contribution in [2.45, 2.75) is 13.8 Å². The second kappa shape index (κ2) is 5.06. The Bertz CT molecular complexity index is 563. The summed E-state index contributed by atoms with van der Waals surface area (Å²) in [5, 5.41) is 3.88. The highest BCUT2D eigenvalue weighted by atomic mass is 32.1. The van der Waals surface area contributed by atoms with E-state index < -0.39 is 0 Å². The molecule has 0 saturated carbocycles. The van der Waals surface area contributed by atoms with Crippen LogP contribution >= 0.6 is 24.0 Å². The number of carbonyl (C=O) groups is 1. The minimum atomic E-state index is -0.0425. The normalized spacial score (nSPS) is 10.8. The predicted octanol–water partition coefficient (Wildman–Crippen LogP) is 2.57. The summed E-state index contributed by atoms with van der Waals surface area (Å²) in [6.07, 6.45) is 0. The molecule has 0 fully saturated rings. The van der Waals surface area contributed by atoms with Crippen LogP contribution in [-0.2, 0) is 0 Å². The Labute approximate surface area is 110 Å². The summed E-state index contributed by atoms with van der Waals surface area (Å²) in [5.74, 6) is 0.603. The largest absolute Gasteiger partial charge is 0.351 e. The average Bonchev–Trinajstić information content (AvgIpc) is 2.69. The van der Waals surface area contributed by atoms with Crippen molar-refractivity contribution in [3.05, 3.63) is 28.3 Å². The van der Waals surface area contributed by atoms with Crippen molar-refractivity contribution in [2.24, 2.45) is 0 Å². The first-order valence-electron chi connectivity index (χ1n) is 5.38. The molecule has 0 aliphatic heterocycles. The summed E-state index contributed by atoms with van der Waals surface area (Å²) in [4.78, 5) is 17.9. The number of thiophene rings is 1. The van der Waals surface area contributed by atoms with Crippen molar-refractivity contribution in [1.29, 1.82) is 0 Å². The first-order valence-corrected chi connectivity index (χ1v) is 6.83. The van der Waals surface area contributed by atoms with Gasteiger partial charge in [0, 0.05) is 23.4 Å². The third kappa shape index (κ3) is 2.61. The van der Waals surface area contributed by atoms with Gasteiger partial charge in [0.25, 0.3) is 5.91 Å². The summed E-state index contributed by atoms with van der Waals surface area (Å²) >= 11 is 5.50. The van der Waals surface area contributed by atoms with Gasteiger partial charge < -0.3 is 5.32 Å². The Balaban J connectivity index is 2.37. The molecule has 17 heavy (non-hydrogen) atoms. The van der Waals surface area contributed by atoms with E-state index in [1.54, 1.807) is 0 Å². The standard InChI is InChI=1S/C12H14N2OS2/c1-7-5-8(2)14-12-9(7)6-10(17-12)11(15)13-3-4-16/h5-6,16H,3-4H2,1-2H3,(H,13,15). The van der Waals surface area contributed by atoms with Gasteiger partial charge in [-0.3, -0.25) is 4.79 Å². The molecule has 0 spiro atoms. The number of hydrogen-bond donors (Lipinski definition) is 2. The number of hydrogen-bond acceptors (Lipinski definition) is 4. The molecule has 2 rings (SSSR count). The Morgan fingerprint density at radius 2 is 2.24 bits per heavy atom. The first-order chi connectivity index (χ1) is 8.11. The van der Waals surface area contributed by atoms with Crippen LogP contribution < -0.4 is 5.32 Å². The number of thiol groups is 1. The van der Waals surface area contributed by atoms with Gasteiger partial charge in [-0.15, -0.1) is 11.3 Å². The van der Waals surface area contributed by atoms with Crippen molar-refractivity contribution in [1.82, 2.24) is 10.3 Å². The predicted molar refractivity (Wildman–Crippen MR) is 75.3 cm³/mol. The molecule has 0 unspecified atom stereocenters. The molecular weight excluding hydrogens is 252 g/mol. The third-order valence-electron chi connectivity index (χ3n) is 2.46. The smallest absolute Gasteiger partial charge is 0.261 e. The van der Waals surface area contributed by atoms with E-state index in [1.165, 1.54) is 11.3 Å². The van der Waals surface area contributed by atoms with E-state index in [2.05, 4.69) is 22.9 Å².